The lowest BCUT2D eigenvalue weighted by Crippen LogP contribution is -2.43. The standard InChI is InChI=1S/C16H27NO3/c1-12(2)15(11-19-4)17-9-14(18)10-20-16-8-6-5-7-13(16)3/h5-8,12,14-15,17-18H,9-11H2,1-4H3. The number of hydrogen-bond donors (Lipinski definition) is 2. The quantitative estimate of drug-likeness (QED) is 0.727. The Hall–Kier alpha value is -1.10. The molecule has 2 atom stereocenters. The van der Waals surface area contributed by atoms with Gasteiger partial charge < -0.3 is 19.9 Å². The van der Waals surface area contributed by atoms with Crippen molar-refractivity contribution in [3.63, 3.8) is 0 Å². The Morgan fingerprint density at radius 1 is 1.20 bits per heavy atom. The third-order valence-electron chi connectivity index (χ3n) is 3.29. The highest BCUT2D eigenvalue weighted by Crippen LogP contribution is 2.16. The molecule has 4 nitrogen and oxygen atoms in total. The summed E-state index contributed by atoms with van der Waals surface area (Å²) in [5.74, 6) is 1.28. The Bertz CT molecular complexity index is 382. The third-order valence-corrected chi connectivity index (χ3v) is 3.29. The maximum absolute atomic E-state index is 9.97. The van der Waals surface area contributed by atoms with Gasteiger partial charge in [0.1, 0.15) is 18.5 Å². The second-order valence-corrected chi connectivity index (χ2v) is 5.44. The summed E-state index contributed by atoms with van der Waals surface area (Å²) in [7, 11) is 1.69. The zero-order chi connectivity index (χ0) is 15.0. The van der Waals surface area contributed by atoms with E-state index in [9.17, 15) is 5.11 Å². The molecule has 0 saturated carbocycles. The van der Waals surface area contributed by atoms with Gasteiger partial charge in [0.25, 0.3) is 0 Å². The lowest BCUT2D eigenvalue weighted by molar-refractivity contribution is 0.0898. The SMILES string of the molecule is COCC(NCC(O)COc1ccccc1C)C(C)C. The second kappa shape index (κ2) is 8.95. The van der Waals surface area contributed by atoms with E-state index in [-0.39, 0.29) is 12.6 Å². The molecule has 114 valence electrons. The van der Waals surface area contributed by atoms with Gasteiger partial charge in [-0.2, -0.15) is 0 Å². The van der Waals surface area contributed by atoms with Gasteiger partial charge in [0.2, 0.25) is 0 Å². The number of hydrogen-bond acceptors (Lipinski definition) is 4. The predicted molar refractivity (Wildman–Crippen MR) is 81.2 cm³/mol. The Labute approximate surface area is 122 Å². The van der Waals surface area contributed by atoms with Crippen LogP contribution in [-0.4, -0.2) is 44.1 Å². The predicted octanol–water partition coefficient (Wildman–Crippen LogP) is 2.00. The summed E-state index contributed by atoms with van der Waals surface area (Å²) in [6, 6.07) is 8.05. The van der Waals surface area contributed by atoms with Crippen LogP contribution in [0.2, 0.25) is 0 Å². The van der Waals surface area contributed by atoms with Gasteiger partial charge >= 0.3 is 0 Å². The molecule has 2 unspecified atom stereocenters. The first kappa shape index (κ1) is 17.0. The fourth-order valence-corrected chi connectivity index (χ4v) is 1.92. The molecule has 0 heterocycles. The van der Waals surface area contributed by atoms with Crippen molar-refractivity contribution in [3.05, 3.63) is 29.8 Å². The van der Waals surface area contributed by atoms with Gasteiger partial charge in [0.05, 0.1) is 6.61 Å². The highest BCUT2D eigenvalue weighted by molar-refractivity contribution is 5.31. The van der Waals surface area contributed by atoms with Gasteiger partial charge in [-0.1, -0.05) is 32.0 Å². The molecule has 0 saturated heterocycles. The first-order valence-corrected chi connectivity index (χ1v) is 7.13. The largest absolute Gasteiger partial charge is 0.491 e. The molecule has 0 aliphatic carbocycles. The van der Waals surface area contributed by atoms with E-state index >= 15 is 0 Å². The average molecular weight is 281 g/mol. The molecule has 0 aliphatic rings. The van der Waals surface area contributed by atoms with Crippen molar-refractivity contribution in [3.8, 4) is 5.75 Å². The van der Waals surface area contributed by atoms with Crippen LogP contribution in [0.5, 0.6) is 5.75 Å². The number of nitrogens with one attached hydrogen (secondary N) is 1. The molecule has 0 aromatic heterocycles. The number of aliphatic hydroxyl groups is 1. The van der Waals surface area contributed by atoms with Crippen molar-refractivity contribution in [2.45, 2.75) is 32.9 Å². The molecule has 1 rings (SSSR count). The fraction of sp³-hybridized carbons (Fsp3) is 0.625. The fourth-order valence-electron chi connectivity index (χ4n) is 1.92. The van der Waals surface area contributed by atoms with Crippen molar-refractivity contribution in [2.75, 3.05) is 26.9 Å². The molecule has 1 aromatic carbocycles. The third kappa shape index (κ3) is 5.90. The Morgan fingerprint density at radius 2 is 1.90 bits per heavy atom. The van der Waals surface area contributed by atoms with Crippen LogP contribution < -0.4 is 10.1 Å². The molecule has 0 fully saturated rings. The van der Waals surface area contributed by atoms with Crippen LogP contribution >= 0.6 is 0 Å². The van der Waals surface area contributed by atoms with E-state index in [1.807, 2.05) is 31.2 Å². The van der Waals surface area contributed by atoms with E-state index in [0.717, 1.165) is 11.3 Å². The summed E-state index contributed by atoms with van der Waals surface area (Å²) < 4.78 is 10.8. The van der Waals surface area contributed by atoms with Crippen molar-refractivity contribution >= 4 is 0 Å². The molecule has 0 aliphatic heterocycles. The van der Waals surface area contributed by atoms with Crippen molar-refractivity contribution < 1.29 is 14.6 Å². The highest BCUT2D eigenvalue weighted by atomic mass is 16.5. The van der Waals surface area contributed by atoms with Crippen LogP contribution in [0.4, 0.5) is 0 Å². The Kier molecular flexibility index (Phi) is 7.59. The molecular weight excluding hydrogens is 254 g/mol. The summed E-state index contributed by atoms with van der Waals surface area (Å²) in [5.41, 5.74) is 1.08. The molecule has 2 N–H and O–H groups in total. The molecule has 0 bridgehead atoms. The second-order valence-electron chi connectivity index (χ2n) is 5.44. The van der Waals surface area contributed by atoms with E-state index < -0.39 is 6.10 Å². The monoisotopic (exact) mass is 281 g/mol. The number of para-hydroxylation sites is 1. The van der Waals surface area contributed by atoms with Crippen LogP contribution in [-0.2, 0) is 4.74 Å². The summed E-state index contributed by atoms with van der Waals surface area (Å²) >= 11 is 0. The van der Waals surface area contributed by atoms with E-state index in [2.05, 4.69) is 19.2 Å². The van der Waals surface area contributed by atoms with Crippen LogP contribution in [0.3, 0.4) is 0 Å². The van der Waals surface area contributed by atoms with E-state index in [1.165, 1.54) is 0 Å². The van der Waals surface area contributed by atoms with Crippen LogP contribution in [0.25, 0.3) is 0 Å². The van der Waals surface area contributed by atoms with E-state index in [1.54, 1.807) is 7.11 Å². The van der Waals surface area contributed by atoms with Crippen molar-refractivity contribution in [1.82, 2.24) is 5.32 Å². The van der Waals surface area contributed by atoms with E-state index in [0.29, 0.717) is 19.1 Å². The Morgan fingerprint density at radius 3 is 2.50 bits per heavy atom. The van der Waals surface area contributed by atoms with Crippen LogP contribution in [0, 0.1) is 12.8 Å². The van der Waals surface area contributed by atoms with Crippen molar-refractivity contribution in [1.29, 1.82) is 0 Å². The van der Waals surface area contributed by atoms with Crippen molar-refractivity contribution in [2.24, 2.45) is 5.92 Å². The summed E-state index contributed by atoms with van der Waals surface area (Å²) in [5, 5.41) is 13.3. The first-order chi connectivity index (χ1) is 9.54. The summed E-state index contributed by atoms with van der Waals surface area (Å²) in [6.45, 7) is 7.68. The number of ether oxygens (including phenoxy) is 2. The normalized spacial score (nSPS) is 14.3. The lowest BCUT2D eigenvalue weighted by atomic mass is 10.1. The lowest BCUT2D eigenvalue weighted by Gasteiger charge is -2.23. The number of methoxy groups -OCH3 is 1. The van der Waals surface area contributed by atoms with Crippen LogP contribution in [0.15, 0.2) is 24.3 Å². The number of rotatable bonds is 9. The zero-order valence-electron chi connectivity index (χ0n) is 12.9. The smallest absolute Gasteiger partial charge is 0.122 e. The minimum absolute atomic E-state index is 0.244. The number of aryl methyl sites for hydroxylation is 1. The number of benzene rings is 1. The maximum Gasteiger partial charge on any atom is 0.122 e. The molecule has 4 heteroatoms. The molecule has 0 spiro atoms. The average Bonchev–Trinajstić information content (AvgIpc) is 2.42. The van der Waals surface area contributed by atoms with Gasteiger partial charge in [0.15, 0.2) is 0 Å². The summed E-state index contributed by atoms with van der Waals surface area (Å²) in [4.78, 5) is 0. The van der Waals surface area contributed by atoms with Gasteiger partial charge in [0, 0.05) is 19.7 Å². The zero-order valence-corrected chi connectivity index (χ0v) is 12.9. The molecule has 0 radical (unpaired) electrons. The van der Waals surface area contributed by atoms with Gasteiger partial charge in [-0.05, 0) is 24.5 Å². The minimum atomic E-state index is -0.535. The number of aliphatic hydroxyl groups excluding tert-OH is 1. The maximum atomic E-state index is 9.97. The molecule has 1 aromatic rings. The molecule has 20 heavy (non-hydrogen) atoms. The molecular formula is C16H27NO3. The van der Waals surface area contributed by atoms with E-state index in [4.69, 9.17) is 9.47 Å². The molecule has 0 amide bonds. The van der Waals surface area contributed by atoms with Crippen LogP contribution in [0.1, 0.15) is 19.4 Å². The highest BCUT2D eigenvalue weighted by Gasteiger charge is 2.14. The Balaban J connectivity index is 2.33. The van der Waals surface area contributed by atoms with Gasteiger partial charge in [-0.25, -0.2) is 0 Å². The van der Waals surface area contributed by atoms with Gasteiger partial charge in [-0.15, -0.1) is 0 Å². The summed E-state index contributed by atoms with van der Waals surface area (Å²) in [6.07, 6.45) is -0.535. The van der Waals surface area contributed by atoms with Gasteiger partial charge in [-0.3, -0.25) is 0 Å². The topological polar surface area (TPSA) is 50.7 Å². The minimum Gasteiger partial charge on any atom is -0.491 e. The first-order valence-electron chi connectivity index (χ1n) is 7.13.